The highest BCUT2D eigenvalue weighted by Crippen LogP contribution is 2.18. The van der Waals surface area contributed by atoms with Crippen molar-refractivity contribution in [3.8, 4) is 0 Å². The van der Waals surface area contributed by atoms with Gasteiger partial charge in [-0.05, 0) is 45.1 Å². The highest BCUT2D eigenvalue weighted by atomic mass is 79.9. The third kappa shape index (κ3) is 3.91. The maximum absolute atomic E-state index is 12.4. The summed E-state index contributed by atoms with van der Waals surface area (Å²) < 4.78 is 0.719. The van der Waals surface area contributed by atoms with Gasteiger partial charge in [0, 0.05) is 24.3 Å². The van der Waals surface area contributed by atoms with Gasteiger partial charge in [0.1, 0.15) is 5.69 Å². The van der Waals surface area contributed by atoms with Crippen molar-refractivity contribution in [3.63, 3.8) is 0 Å². The van der Waals surface area contributed by atoms with E-state index in [4.69, 9.17) is 0 Å². The molecule has 0 spiro atoms. The minimum absolute atomic E-state index is 0.0876. The fourth-order valence-corrected chi connectivity index (χ4v) is 2.50. The number of halogens is 1. The van der Waals surface area contributed by atoms with Gasteiger partial charge in [-0.15, -0.1) is 0 Å². The average Bonchev–Trinajstić information content (AvgIpc) is 2.47. The Labute approximate surface area is 134 Å². The van der Waals surface area contributed by atoms with Gasteiger partial charge in [-0.25, -0.2) is 4.98 Å². The summed E-state index contributed by atoms with van der Waals surface area (Å²) >= 11 is 3.37. The molecule has 0 radical (unpaired) electrons. The first-order valence-electron chi connectivity index (χ1n) is 6.94. The fraction of sp³-hybridized carbons (Fsp3) is 0.294. The lowest BCUT2D eigenvalue weighted by Crippen LogP contribution is -2.27. The molecule has 0 saturated carbocycles. The van der Waals surface area contributed by atoms with Gasteiger partial charge >= 0.3 is 0 Å². The molecular formula is C17H19BrN2O. The topological polar surface area (TPSA) is 33.2 Å². The van der Waals surface area contributed by atoms with E-state index in [-0.39, 0.29) is 5.91 Å². The molecule has 0 unspecified atom stereocenters. The lowest BCUT2D eigenvalue weighted by Gasteiger charge is -2.18. The molecule has 1 aromatic carbocycles. The second-order valence-electron chi connectivity index (χ2n) is 5.39. The van der Waals surface area contributed by atoms with Crippen molar-refractivity contribution in [1.29, 1.82) is 0 Å². The Balaban J connectivity index is 2.09. The molecule has 0 fully saturated rings. The largest absolute Gasteiger partial charge is 0.336 e. The van der Waals surface area contributed by atoms with Gasteiger partial charge in [0.05, 0.1) is 0 Å². The molecule has 2 aromatic rings. The fourth-order valence-electron chi connectivity index (χ4n) is 2.08. The highest BCUT2D eigenvalue weighted by Gasteiger charge is 2.16. The Bertz CT molecular complexity index is 623. The lowest BCUT2D eigenvalue weighted by molar-refractivity contribution is 0.0778. The predicted molar refractivity (Wildman–Crippen MR) is 88.3 cm³/mol. The Kier molecular flexibility index (Phi) is 5.12. The van der Waals surface area contributed by atoms with Gasteiger partial charge in [-0.2, -0.15) is 0 Å². The molecule has 1 aromatic heterocycles. The first-order chi connectivity index (χ1) is 9.99. The molecule has 21 heavy (non-hydrogen) atoms. The number of benzene rings is 1. The SMILES string of the molecule is CC(C)c1ccc(CN(C)C(=O)c2ncccc2Br)cc1. The van der Waals surface area contributed by atoms with Gasteiger partial charge in [-0.3, -0.25) is 4.79 Å². The van der Waals surface area contributed by atoms with E-state index in [0.717, 1.165) is 10.0 Å². The Morgan fingerprint density at radius 2 is 1.90 bits per heavy atom. The molecule has 0 bridgehead atoms. The van der Waals surface area contributed by atoms with Crippen LogP contribution in [0.4, 0.5) is 0 Å². The van der Waals surface area contributed by atoms with E-state index in [2.05, 4.69) is 59.0 Å². The Hall–Kier alpha value is -1.68. The Morgan fingerprint density at radius 3 is 2.48 bits per heavy atom. The molecule has 0 aliphatic rings. The molecule has 2 rings (SSSR count). The predicted octanol–water partition coefficient (Wildman–Crippen LogP) is 4.24. The van der Waals surface area contributed by atoms with Crippen molar-refractivity contribution >= 4 is 21.8 Å². The monoisotopic (exact) mass is 346 g/mol. The van der Waals surface area contributed by atoms with Gasteiger partial charge in [0.25, 0.3) is 5.91 Å². The summed E-state index contributed by atoms with van der Waals surface area (Å²) in [7, 11) is 1.79. The summed E-state index contributed by atoms with van der Waals surface area (Å²) in [6, 6.07) is 12.0. The van der Waals surface area contributed by atoms with Crippen LogP contribution in [0.1, 0.15) is 41.4 Å². The van der Waals surface area contributed by atoms with Crippen LogP contribution < -0.4 is 0 Å². The zero-order valence-electron chi connectivity index (χ0n) is 12.5. The highest BCUT2D eigenvalue weighted by molar-refractivity contribution is 9.10. The van der Waals surface area contributed by atoms with Gasteiger partial charge in [0.2, 0.25) is 0 Å². The maximum Gasteiger partial charge on any atom is 0.273 e. The van der Waals surface area contributed by atoms with Crippen LogP contribution >= 0.6 is 15.9 Å². The normalized spacial score (nSPS) is 10.7. The van der Waals surface area contributed by atoms with Crippen molar-refractivity contribution in [2.24, 2.45) is 0 Å². The van der Waals surface area contributed by atoms with E-state index in [0.29, 0.717) is 18.2 Å². The minimum atomic E-state index is -0.0876. The molecular weight excluding hydrogens is 328 g/mol. The number of carbonyl (C=O) groups is 1. The van der Waals surface area contributed by atoms with Crippen molar-refractivity contribution in [2.45, 2.75) is 26.3 Å². The summed E-state index contributed by atoms with van der Waals surface area (Å²) in [5, 5.41) is 0. The third-order valence-electron chi connectivity index (χ3n) is 3.37. The number of hydrogen-bond donors (Lipinski definition) is 0. The van der Waals surface area contributed by atoms with Crippen LogP contribution in [0.2, 0.25) is 0 Å². The number of amides is 1. The number of aromatic nitrogens is 1. The van der Waals surface area contributed by atoms with Crippen LogP contribution in [0.25, 0.3) is 0 Å². The molecule has 4 heteroatoms. The van der Waals surface area contributed by atoms with Crippen molar-refractivity contribution in [2.75, 3.05) is 7.05 Å². The van der Waals surface area contributed by atoms with E-state index < -0.39 is 0 Å². The van der Waals surface area contributed by atoms with E-state index in [9.17, 15) is 4.79 Å². The Morgan fingerprint density at radius 1 is 1.24 bits per heavy atom. The summed E-state index contributed by atoms with van der Waals surface area (Å²) in [5.41, 5.74) is 2.86. The van der Waals surface area contributed by atoms with Gasteiger partial charge in [-0.1, -0.05) is 38.1 Å². The van der Waals surface area contributed by atoms with Crippen LogP contribution in [0.5, 0.6) is 0 Å². The first kappa shape index (κ1) is 15.7. The number of nitrogens with zero attached hydrogens (tertiary/aromatic N) is 2. The summed E-state index contributed by atoms with van der Waals surface area (Å²) in [4.78, 5) is 18.2. The molecule has 3 nitrogen and oxygen atoms in total. The minimum Gasteiger partial charge on any atom is -0.336 e. The standard InChI is InChI=1S/C17H19BrN2O/c1-12(2)14-8-6-13(7-9-14)11-20(3)17(21)16-15(18)5-4-10-19-16/h4-10,12H,11H2,1-3H3. The average molecular weight is 347 g/mol. The quantitative estimate of drug-likeness (QED) is 0.829. The zero-order chi connectivity index (χ0) is 15.4. The third-order valence-corrected chi connectivity index (χ3v) is 4.01. The second-order valence-corrected chi connectivity index (χ2v) is 6.25. The number of pyridine rings is 1. The molecule has 1 amide bonds. The molecule has 0 atom stereocenters. The first-order valence-corrected chi connectivity index (χ1v) is 7.73. The maximum atomic E-state index is 12.4. The lowest BCUT2D eigenvalue weighted by atomic mass is 10.0. The van der Waals surface area contributed by atoms with E-state index in [1.807, 2.05) is 6.07 Å². The van der Waals surface area contributed by atoms with Crippen LogP contribution in [-0.4, -0.2) is 22.8 Å². The van der Waals surface area contributed by atoms with E-state index in [1.54, 1.807) is 24.2 Å². The van der Waals surface area contributed by atoms with Crippen LogP contribution in [-0.2, 0) is 6.54 Å². The molecule has 1 heterocycles. The summed E-state index contributed by atoms with van der Waals surface area (Å²) in [6.07, 6.45) is 1.63. The molecule has 0 aliphatic heterocycles. The van der Waals surface area contributed by atoms with Crippen molar-refractivity contribution in [1.82, 2.24) is 9.88 Å². The van der Waals surface area contributed by atoms with Crippen LogP contribution in [0.3, 0.4) is 0 Å². The summed E-state index contributed by atoms with van der Waals surface area (Å²) in [5.74, 6) is 0.429. The van der Waals surface area contributed by atoms with Crippen LogP contribution in [0, 0.1) is 0 Å². The van der Waals surface area contributed by atoms with Crippen molar-refractivity contribution < 1.29 is 4.79 Å². The van der Waals surface area contributed by atoms with Gasteiger partial charge < -0.3 is 4.90 Å². The van der Waals surface area contributed by atoms with E-state index in [1.165, 1.54) is 5.56 Å². The van der Waals surface area contributed by atoms with Crippen molar-refractivity contribution in [3.05, 3.63) is 63.9 Å². The molecule has 0 N–H and O–H groups in total. The zero-order valence-corrected chi connectivity index (χ0v) is 14.1. The van der Waals surface area contributed by atoms with Crippen LogP contribution in [0.15, 0.2) is 47.1 Å². The number of hydrogen-bond acceptors (Lipinski definition) is 2. The van der Waals surface area contributed by atoms with Gasteiger partial charge in [0.15, 0.2) is 0 Å². The smallest absolute Gasteiger partial charge is 0.273 e. The number of rotatable bonds is 4. The van der Waals surface area contributed by atoms with E-state index >= 15 is 0 Å². The molecule has 0 saturated heterocycles. The molecule has 110 valence electrons. The summed E-state index contributed by atoms with van der Waals surface area (Å²) in [6.45, 7) is 4.91. The number of carbonyl (C=O) groups excluding carboxylic acids is 1. The second kappa shape index (κ2) is 6.85. The molecule has 0 aliphatic carbocycles.